The fraction of sp³-hybridized carbons (Fsp3) is 0.300. The van der Waals surface area contributed by atoms with Crippen LogP contribution in [0.4, 0.5) is 0 Å². The van der Waals surface area contributed by atoms with Crippen LogP contribution in [0.15, 0.2) is 28.5 Å². The lowest BCUT2D eigenvalue weighted by atomic mass is 10.3. The Hall–Kier alpha value is -0.800. The zero-order valence-electron chi connectivity index (χ0n) is 7.57. The van der Waals surface area contributed by atoms with Crippen LogP contribution in [0.3, 0.4) is 0 Å². The van der Waals surface area contributed by atoms with E-state index in [0.717, 1.165) is 16.5 Å². The smallest absolute Gasteiger partial charge is 0.259 e. The van der Waals surface area contributed by atoms with Crippen molar-refractivity contribution >= 4 is 33.0 Å². The first-order chi connectivity index (χ1) is 6.83. The van der Waals surface area contributed by atoms with Gasteiger partial charge >= 0.3 is 0 Å². The Morgan fingerprint density at radius 3 is 3.07 bits per heavy atom. The van der Waals surface area contributed by atoms with Crippen LogP contribution in [-0.2, 0) is 6.54 Å². The quantitative estimate of drug-likeness (QED) is 0.739. The van der Waals surface area contributed by atoms with Crippen LogP contribution >= 0.6 is 22.9 Å². The average molecular weight is 228 g/mol. The lowest BCUT2D eigenvalue weighted by molar-refractivity contribution is 0.662. The van der Waals surface area contributed by atoms with Crippen LogP contribution in [0.5, 0.6) is 0 Å². The maximum atomic E-state index is 11.8. The summed E-state index contributed by atoms with van der Waals surface area (Å²) in [7, 11) is 0. The zero-order valence-corrected chi connectivity index (χ0v) is 9.14. The Balaban J connectivity index is 2.46. The highest BCUT2D eigenvalue weighted by Crippen LogP contribution is 2.16. The van der Waals surface area contributed by atoms with Gasteiger partial charge in [-0.3, -0.25) is 4.79 Å². The van der Waals surface area contributed by atoms with Gasteiger partial charge in [-0.05, 0) is 23.9 Å². The molecule has 0 fully saturated rings. The first-order valence-corrected chi connectivity index (χ1v) is 5.87. The van der Waals surface area contributed by atoms with E-state index in [2.05, 4.69) is 0 Å². The maximum Gasteiger partial charge on any atom is 0.259 e. The molecule has 2 nitrogen and oxygen atoms in total. The third kappa shape index (κ3) is 1.70. The highest BCUT2D eigenvalue weighted by molar-refractivity contribution is 7.17. The number of nitrogens with zero attached hydrogens (tertiary/aromatic N) is 1. The summed E-state index contributed by atoms with van der Waals surface area (Å²) in [6.07, 6.45) is 2.67. The van der Waals surface area contributed by atoms with Gasteiger partial charge in [-0.2, -0.15) is 0 Å². The fourth-order valence-electron chi connectivity index (χ4n) is 1.41. The number of hydrogen-bond donors (Lipinski definition) is 0. The second kappa shape index (κ2) is 4.15. The molecule has 4 heteroatoms. The number of hydrogen-bond acceptors (Lipinski definition) is 2. The number of fused-ring (bicyclic) bond motifs is 1. The van der Waals surface area contributed by atoms with Crippen LogP contribution in [0.1, 0.15) is 6.42 Å². The first kappa shape index (κ1) is 9.74. The van der Waals surface area contributed by atoms with Crippen molar-refractivity contribution in [3.8, 4) is 0 Å². The molecule has 2 rings (SSSR count). The predicted octanol–water partition coefficient (Wildman–Crippen LogP) is 2.69. The van der Waals surface area contributed by atoms with Crippen molar-refractivity contribution in [1.82, 2.24) is 4.57 Å². The van der Waals surface area contributed by atoms with Crippen molar-refractivity contribution in [2.24, 2.45) is 0 Å². The van der Waals surface area contributed by atoms with Crippen molar-refractivity contribution in [2.75, 3.05) is 5.88 Å². The molecule has 0 spiro atoms. The van der Waals surface area contributed by atoms with E-state index >= 15 is 0 Å². The van der Waals surface area contributed by atoms with Crippen molar-refractivity contribution in [3.63, 3.8) is 0 Å². The van der Waals surface area contributed by atoms with Crippen molar-refractivity contribution in [3.05, 3.63) is 34.1 Å². The Morgan fingerprint density at radius 1 is 1.43 bits per heavy atom. The maximum absolute atomic E-state index is 11.8. The van der Waals surface area contributed by atoms with E-state index in [1.807, 2.05) is 23.7 Å². The number of thiophene rings is 1. The molecule has 2 aromatic rings. The molecule has 0 aliphatic heterocycles. The minimum Gasteiger partial charge on any atom is -0.315 e. The molecule has 0 unspecified atom stereocenters. The zero-order chi connectivity index (χ0) is 9.97. The van der Waals surface area contributed by atoms with Crippen LogP contribution < -0.4 is 5.56 Å². The number of alkyl halides is 1. The largest absolute Gasteiger partial charge is 0.315 e. The number of halogens is 1. The average Bonchev–Trinajstić information content (AvgIpc) is 2.66. The van der Waals surface area contributed by atoms with Crippen LogP contribution in [0.25, 0.3) is 10.1 Å². The Labute approximate surface area is 90.7 Å². The lowest BCUT2D eigenvalue weighted by Crippen LogP contribution is -2.18. The third-order valence-corrected chi connectivity index (χ3v) is 3.27. The number of rotatable bonds is 3. The van der Waals surface area contributed by atoms with Gasteiger partial charge in [0.25, 0.3) is 5.56 Å². The Bertz CT molecular complexity index is 488. The molecule has 0 amide bonds. The molecule has 0 aliphatic carbocycles. The number of aryl methyl sites for hydroxylation is 1. The fourth-order valence-corrected chi connectivity index (χ4v) is 2.30. The summed E-state index contributed by atoms with van der Waals surface area (Å²) in [5, 5.41) is 2.75. The first-order valence-electron chi connectivity index (χ1n) is 4.45. The van der Waals surface area contributed by atoms with Crippen molar-refractivity contribution in [1.29, 1.82) is 0 Å². The minimum absolute atomic E-state index is 0.0915. The lowest BCUT2D eigenvalue weighted by Gasteiger charge is -2.03. The molecule has 0 bridgehead atoms. The van der Waals surface area contributed by atoms with Crippen LogP contribution in [0, 0.1) is 0 Å². The summed E-state index contributed by atoms with van der Waals surface area (Å²) in [6.45, 7) is 0.702. The van der Waals surface area contributed by atoms with Crippen LogP contribution in [-0.4, -0.2) is 10.4 Å². The summed E-state index contributed by atoms with van der Waals surface area (Å²) in [4.78, 5) is 11.8. The standard InChI is InChI=1S/C10H10ClNOS/c11-4-1-5-12-6-2-9-8(10(12)13)3-7-14-9/h2-3,6-7H,1,4-5H2. The molecule has 74 valence electrons. The van der Waals surface area contributed by atoms with Gasteiger partial charge in [0.1, 0.15) is 0 Å². The molecular formula is C10H10ClNOS. The van der Waals surface area contributed by atoms with Gasteiger partial charge in [-0.25, -0.2) is 0 Å². The normalized spacial score (nSPS) is 10.9. The third-order valence-electron chi connectivity index (χ3n) is 2.12. The van der Waals surface area contributed by atoms with Gasteiger partial charge in [-0.1, -0.05) is 0 Å². The molecule has 0 atom stereocenters. The van der Waals surface area contributed by atoms with E-state index in [0.29, 0.717) is 12.4 Å². The molecule has 0 radical (unpaired) electrons. The molecule has 2 heterocycles. The second-order valence-corrected chi connectivity index (χ2v) is 4.38. The number of pyridine rings is 1. The van der Waals surface area contributed by atoms with E-state index < -0.39 is 0 Å². The minimum atomic E-state index is 0.0915. The van der Waals surface area contributed by atoms with Crippen molar-refractivity contribution in [2.45, 2.75) is 13.0 Å². The molecule has 0 N–H and O–H groups in total. The summed E-state index contributed by atoms with van der Waals surface area (Å²) < 4.78 is 2.77. The number of aromatic nitrogens is 1. The second-order valence-electron chi connectivity index (χ2n) is 3.06. The van der Waals surface area contributed by atoms with Gasteiger partial charge < -0.3 is 4.57 Å². The SMILES string of the molecule is O=c1c2ccsc2ccn1CCCCl. The van der Waals surface area contributed by atoms with Crippen molar-refractivity contribution < 1.29 is 0 Å². The molecular weight excluding hydrogens is 218 g/mol. The highest BCUT2D eigenvalue weighted by Gasteiger charge is 2.02. The molecule has 0 aliphatic rings. The molecule has 0 saturated heterocycles. The summed E-state index contributed by atoms with van der Waals surface area (Å²) in [5.41, 5.74) is 0.0915. The summed E-state index contributed by atoms with van der Waals surface area (Å²) in [6, 6.07) is 3.86. The monoisotopic (exact) mass is 227 g/mol. The Morgan fingerprint density at radius 2 is 2.29 bits per heavy atom. The molecule has 0 aromatic carbocycles. The van der Waals surface area contributed by atoms with E-state index in [4.69, 9.17) is 11.6 Å². The van der Waals surface area contributed by atoms with Gasteiger partial charge in [-0.15, -0.1) is 22.9 Å². The predicted molar refractivity (Wildman–Crippen MR) is 61.4 cm³/mol. The van der Waals surface area contributed by atoms with E-state index in [-0.39, 0.29) is 5.56 Å². The Kier molecular flexibility index (Phi) is 2.89. The summed E-state index contributed by atoms with van der Waals surface area (Å²) >= 11 is 7.18. The van der Waals surface area contributed by atoms with E-state index in [1.54, 1.807) is 15.9 Å². The summed E-state index contributed by atoms with van der Waals surface area (Å²) in [5.74, 6) is 0.591. The van der Waals surface area contributed by atoms with Gasteiger partial charge in [0.2, 0.25) is 0 Å². The highest BCUT2D eigenvalue weighted by atomic mass is 35.5. The topological polar surface area (TPSA) is 22.0 Å². The van der Waals surface area contributed by atoms with Gasteiger partial charge in [0.05, 0.1) is 5.39 Å². The van der Waals surface area contributed by atoms with Gasteiger partial charge in [0.15, 0.2) is 0 Å². The van der Waals surface area contributed by atoms with E-state index in [1.165, 1.54) is 0 Å². The molecule has 14 heavy (non-hydrogen) atoms. The van der Waals surface area contributed by atoms with E-state index in [9.17, 15) is 4.79 Å². The van der Waals surface area contributed by atoms with Crippen LogP contribution in [0.2, 0.25) is 0 Å². The molecule has 0 saturated carbocycles. The van der Waals surface area contributed by atoms with Gasteiger partial charge in [0, 0.05) is 23.3 Å². The molecule has 2 aromatic heterocycles.